The number of carbonyl (C=O) groups excluding carboxylic acids is 1. The van der Waals surface area contributed by atoms with Crippen molar-refractivity contribution in [1.82, 2.24) is 14.8 Å². The fourth-order valence-corrected chi connectivity index (χ4v) is 6.10. The van der Waals surface area contributed by atoms with Crippen LogP contribution in [-0.4, -0.2) is 73.1 Å². The maximum Gasteiger partial charge on any atom is 0.414 e. The van der Waals surface area contributed by atoms with Gasteiger partial charge in [-0.25, -0.2) is 13.2 Å². The summed E-state index contributed by atoms with van der Waals surface area (Å²) in [7, 11) is -2.21. The van der Waals surface area contributed by atoms with Crippen LogP contribution in [0.2, 0.25) is 0 Å². The SMILES string of the molecule is CN(C(=O)N1CCS(=O)(=O)CC1)[C@@H](c1ccc(NC2Cc3ccccc3C2(C)C)cn1)C(F)(F)F. The third kappa shape index (κ3) is 5.10. The maximum atomic E-state index is 14.0. The summed E-state index contributed by atoms with van der Waals surface area (Å²) in [5.41, 5.74) is 2.60. The largest absolute Gasteiger partial charge is 0.414 e. The van der Waals surface area contributed by atoms with Crippen molar-refractivity contribution in [1.29, 1.82) is 0 Å². The Balaban J connectivity index is 1.50. The number of aromatic nitrogens is 1. The van der Waals surface area contributed by atoms with E-state index in [0.717, 1.165) is 18.4 Å². The van der Waals surface area contributed by atoms with Crippen molar-refractivity contribution < 1.29 is 26.4 Å². The number of rotatable bonds is 4. The van der Waals surface area contributed by atoms with Crippen LogP contribution in [0.25, 0.3) is 0 Å². The molecule has 1 aliphatic heterocycles. The highest BCUT2D eigenvalue weighted by molar-refractivity contribution is 7.91. The monoisotopic (exact) mass is 510 g/mol. The van der Waals surface area contributed by atoms with Crippen LogP contribution in [0, 0.1) is 0 Å². The van der Waals surface area contributed by atoms with Crippen molar-refractivity contribution in [2.24, 2.45) is 0 Å². The molecule has 2 aliphatic rings. The maximum absolute atomic E-state index is 14.0. The molecule has 1 fully saturated rings. The van der Waals surface area contributed by atoms with Gasteiger partial charge in [0.25, 0.3) is 0 Å². The third-order valence-electron chi connectivity index (χ3n) is 7.03. The Morgan fingerprint density at radius 3 is 2.40 bits per heavy atom. The first kappa shape index (κ1) is 25.3. The van der Waals surface area contributed by atoms with Gasteiger partial charge in [0, 0.05) is 31.6 Å². The molecule has 4 rings (SSSR count). The van der Waals surface area contributed by atoms with Crippen LogP contribution in [0.1, 0.15) is 36.7 Å². The van der Waals surface area contributed by atoms with E-state index >= 15 is 0 Å². The number of carbonyl (C=O) groups is 1. The van der Waals surface area contributed by atoms with Crippen molar-refractivity contribution in [3.05, 3.63) is 59.4 Å². The van der Waals surface area contributed by atoms with E-state index < -0.39 is 28.1 Å². The lowest BCUT2D eigenvalue weighted by Gasteiger charge is -2.35. The molecule has 1 saturated heterocycles. The summed E-state index contributed by atoms with van der Waals surface area (Å²) in [6, 6.07) is 7.90. The molecule has 1 aliphatic carbocycles. The summed E-state index contributed by atoms with van der Waals surface area (Å²) >= 11 is 0. The number of benzene rings is 1. The molecule has 2 atom stereocenters. The van der Waals surface area contributed by atoms with Gasteiger partial charge in [-0.15, -0.1) is 0 Å². The quantitative estimate of drug-likeness (QED) is 0.677. The highest BCUT2D eigenvalue weighted by Crippen LogP contribution is 2.40. The van der Waals surface area contributed by atoms with Gasteiger partial charge in [-0.05, 0) is 29.7 Å². The number of amides is 2. The van der Waals surface area contributed by atoms with Crippen molar-refractivity contribution in [2.45, 2.75) is 43.9 Å². The van der Waals surface area contributed by atoms with Crippen LogP contribution in [0.3, 0.4) is 0 Å². The molecule has 0 bridgehead atoms. The number of hydrogen-bond acceptors (Lipinski definition) is 5. The molecule has 1 aromatic carbocycles. The van der Waals surface area contributed by atoms with Crippen molar-refractivity contribution in [3.8, 4) is 0 Å². The van der Waals surface area contributed by atoms with Crippen LogP contribution < -0.4 is 5.32 Å². The average molecular weight is 511 g/mol. The minimum absolute atomic E-state index is 0.0468. The van der Waals surface area contributed by atoms with Crippen molar-refractivity contribution >= 4 is 21.6 Å². The molecule has 190 valence electrons. The number of hydrogen-bond donors (Lipinski definition) is 1. The Morgan fingerprint density at radius 1 is 1.17 bits per heavy atom. The van der Waals surface area contributed by atoms with Gasteiger partial charge in [0.15, 0.2) is 15.9 Å². The summed E-state index contributed by atoms with van der Waals surface area (Å²) in [6.45, 7) is 3.99. The van der Waals surface area contributed by atoms with E-state index in [-0.39, 0.29) is 41.7 Å². The van der Waals surface area contributed by atoms with Crippen LogP contribution in [0.15, 0.2) is 42.6 Å². The van der Waals surface area contributed by atoms with Crippen molar-refractivity contribution in [3.63, 3.8) is 0 Å². The second-order valence-corrected chi connectivity index (χ2v) is 12.0. The Bertz CT molecular complexity index is 1190. The number of nitrogens with one attached hydrogen (secondary N) is 1. The van der Waals surface area contributed by atoms with Gasteiger partial charge >= 0.3 is 12.2 Å². The summed E-state index contributed by atoms with van der Waals surface area (Å²) in [5.74, 6) is -0.521. The average Bonchev–Trinajstić information content (AvgIpc) is 3.03. The zero-order valence-electron chi connectivity index (χ0n) is 19.8. The number of nitrogens with zero attached hydrogens (tertiary/aromatic N) is 3. The van der Waals surface area contributed by atoms with Gasteiger partial charge < -0.3 is 15.1 Å². The Morgan fingerprint density at radius 2 is 1.83 bits per heavy atom. The van der Waals surface area contributed by atoms with Gasteiger partial charge in [0.05, 0.1) is 29.1 Å². The van der Waals surface area contributed by atoms with Crippen molar-refractivity contribution in [2.75, 3.05) is 37.0 Å². The van der Waals surface area contributed by atoms with E-state index in [0.29, 0.717) is 10.6 Å². The number of anilines is 1. The number of halogens is 3. The van der Waals surface area contributed by atoms with E-state index in [1.165, 1.54) is 23.4 Å². The van der Waals surface area contributed by atoms with E-state index in [1.54, 1.807) is 6.07 Å². The number of urea groups is 1. The first-order chi connectivity index (χ1) is 16.3. The zero-order valence-corrected chi connectivity index (χ0v) is 20.7. The van der Waals surface area contributed by atoms with Crippen LogP contribution in [0.4, 0.5) is 23.7 Å². The second kappa shape index (κ2) is 9.00. The zero-order chi connectivity index (χ0) is 25.6. The normalized spacial score (nSPS) is 21.8. The smallest absolute Gasteiger partial charge is 0.380 e. The van der Waals surface area contributed by atoms with Crippen LogP contribution in [-0.2, 0) is 21.7 Å². The topological polar surface area (TPSA) is 82.6 Å². The number of sulfone groups is 1. The van der Waals surface area contributed by atoms with Gasteiger partial charge in [-0.2, -0.15) is 13.2 Å². The fourth-order valence-electron chi connectivity index (χ4n) is 4.90. The number of fused-ring (bicyclic) bond motifs is 1. The molecule has 1 unspecified atom stereocenters. The first-order valence-corrected chi connectivity index (χ1v) is 13.2. The first-order valence-electron chi connectivity index (χ1n) is 11.4. The lowest BCUT2D eigenvalue weighted by atomic mass is 9.83. The molecule has 0 spiro atoms. The predicted octanol–water partition coefficient (Wildman–Crippen LogP) is 3.78. The van der Waals surface area contributed by atoms with E-state index in [1.807, 2.05) is 12.1 Å². The highest BCUT2D eigenvalue weighted by Gasteiger charge is 2.47. The summed E-state index contributed by atoms with van der Waals surface area (Å²) in [4.78, 5) is 18.6. The Hall–Kier alpha value is -2.82. The molecule has 1 N–H and O–H groups in total. The van der Waals surface area contributed by atoms with E-state index in [4.69, 9.17) is 0 Å². The van der Waals surface area contributed by atoms with Gasteiger partial charge in [0.2, 0.25) is 0 Å². The molecule has 2 aromatic rings. The lowest BCUT2D eigenvalue weighted by Crippen LogP contribution is -2.51. The minimum Gasteiger partial charge on any atom is -0.380 e. The van der Waals surface area contributed by atoms with Gasteiger partial charge in [-0.3, -0.25) is 4.98 Å². The molecule has 11 heteroatoms. The molecule has 7 nitrogen and oxygen atoms in total. The molecular formula is C24H29F3N4O3S. The minimum atomic E-state index is -4.76. The number of pyridine rings is 1. The molecule has 2 heterocycles. The molecule has 0 radical (unpaired) electrons. The third-order valence-corrected chi connectivity index (χ3v) is 8.64. The van der Waals surface area contributed by atoms with Crippen LogP contribution in [0.5, 0.6) is 0 Å². The van der Waals surface area contributed by atoms with E-state index in [2.05, 4.69) is 36.3 Å². The molecule has 1 aromatic heterocycles. The molecular weight excluding hydrogens is 481 g/mol. The van der Waals surface area contributed by atoms with E-state index in [9.17, 15) is 26.4 Å². The molecule has 2 amide bonds. The highest BCUT2D eigenvalue weighted by atomic mass is 32.2. The standard InChI is InChI=1S/C24H29F3N4O3S/c1-23(2)18-7-5-4-6-16(18)14-20(23)29-17-8-9-19(28-15-17)21(24(25,26)27)30(3)22(32)31-10-12-35(33,34)13-11-31/h4-9,15,20-21,29H,10-14H2,1-3H3/t20?,21-/m0/s1. The Kier molecular flexibility index (Phi) is 6.50. The van der Waals surface area contributed by atoms with Crippen LogP contribution >= 0.6 is 0 Å². The lowest BCUT2D eigenvalue weighted by molar-refractivity contribution is -0.177. The summed E-state index contributed by atoms with van der Waals surface area (Å²) in [5, 5.41) is 3.40. The predicted molar refractivity (Wildman–Crippen MR) is 127 cm³/mol. The second-order valence-electron chi connectivity index (χ2n) is 9.73. The molecule has 0 saturated carbocycles. The summed E-state index contributed by atoms with van der Waals surface area (Å²) < 4.78 is 65.3. The van der Waals surface area contributed by atoms with Gasteiger partial charge in [0.1, 0.15) is 0 Å². The van der Waals surface area contributed by atoms with Gasteiger partial charge in [-0.1, -0.05) is 38.1 Å². The summed E-state index contributed by atoms with van der Waals surface area (Å²) in [6.07, 6.45) is -2.61. The molecule has 35 heavy (non-hydrogen) atoms. The number of alkyl halides is 3. The Labute approximate surface area is 203 Å². The fraction of sp³-hybridized carbons (Fsp3) is 0.500.